The van der Waals surface area contributed by atoms with E-state index < -0.39 is 12.0 Å². The number of hydrogen-bond acceptors (Lipinski definition) is 8. The van der Waals surface area contributed by atoms with E-state index in [2.05, 4.69) is 20.9 Å². The number of benzene rings is 3. The number of esters is 1. The van der Waals surface area contributed by atoms with Gasteiger partial charge in [-0.05, 0) is 77.3 Å². The van der Waals surface area contributed by atoms with Gasteiger partial charge in [0, 0.05) is 10.6 Å². The zero-order valence-electron chi connectivity index (χ0n) is 22.6. The normalized spacial score (nSPS) is 15.8. The van der Waals surface area contributed by atoms with Crippen LogP contribution in [0.15, 0.2) is 86.2 Å². The minimum absolute atomic E-state index is 0.112. The lowest BCUT2D eigenvalue weighted by atomic mass is 9.95. The predicted molar refractivity (Wildman–Crippen MR) is 163 cm³/mol. The van der Waals surface area contributed by atoms with Gasteiger partial charge in [-0.2, -0.15) is 0 Å². The highest BCUT2D eigenvalue weighted by molar-refractivity contribution is 9.10. The third kappa shape index (κ3) is 5.37. The molecule has 0 amide bonds. The molecule has 0 radical (unpaired) electrons. The fraction of sp³-hybridized carbons (Fsp3) is 0.194. The van der Waals surface area contributed by atoms with E-state index in [4.69, 9.17) is 30.5 Å². The standard InChI is InChI=1S/C31H24BrClN2O6S/c1-3-38-30(37)27-17(2)34-31-35(28(27)19-9-11-24-25(14-19)41-16-40-24)29(36)26(42-31)13-18-8-10-23(21(32)12-18)39-15-20-6-4-5-7-22(20)33/h4-14,28H,3,15-16H2,1-2H3/b26-13-/t28-/m1/s1. The van der Waals surface area contributed by atoms with Crippen LogP contribution in [-0.4, -0.2) is 23.9 Å². The molecule has 0 saturated heterocycles. The summed E-state index contributed by atoms with van der Waals surface area (Å²) in [5, 5.41) is 0.640. The first-order chi connectivity index (χ1) is 20.3. The lowest BCUT2D eigenvalue weighted by molar-refractivity contribution is -0.139. The molecule has 0 bridgehead atoms. The monoisotopic (exact) mass is 666 g/mol. The fourth-order valence-corrected chi connectivity index (χ4v) is 6.58. The maximum Gasteiger partial charge on any atom is 0.338 e. The van der Waals surface area contributed by atoms with Gasteiger partial charge in [0.05, 0.1) is 32.9 Å². The molecule has 0 spiro atoms. The zero-order chi connectivity index (χ0) is 29.4. The van der Waals surface area contributed by atoms with Crippen LogP contribution in [0.25, 0.3) is 6.08 Å². The van der Waals surface area contributed by atoms with Crippen molar-refractivity contribution in [1.82, 2.24) is 4.57 Å². The molecule has 42 heavy (non-hydrogen) atoms. The quantitative estimate of drug-likeness (QED) is 0.241. The lowest BCUT2D eigenvalue weighted by Gasteiger charge is -2.24. The first-order valence-corrected chi connectivity index (χ1v) is 15.1. The molecule has 0 fully saturated rings. The number of carbonyl (C=O) groups excluding carboxylic acids is 1. The molecule has 0 aliphatic carbocycles. The van der Waals surface area contributed by atoms with Crippen LogP contribution < -0.4 is 29.1 Å². The van der Waals surface area contributed by atoms with Gasteiger partial charge in [0.25, 0.3) is 5.56 Å². The highest BCUT2D eigenvalue weighted by Gasteiger charge is 2.34. The second kappa shape index (κ2) is 11.8. The summed E-state index contributed by atoms with van der Waals surface area (Å²) in [6.07, 6.45) is 1.80. The summed E-state index contributed by atoms with van der Waals surface area (Å²) < 4.78 is 25.1. The minimum atomic E-state index is -0.746. The van der Waals surface area contributed by atoms with Crippen LogP contribution in [-0.2, 0) is 16.1 Å². The summed E-state index contributed by atoms with van der Waals surface area (Å²) >= 11 is 11.1. The molecule has 1 aromatic heterocycles. The van der Waals surface area contributed by atoms with Gasteiger partial charge in [-0.3, -0.25) is 9.36 Å². The highest BCUT2D eigenvalue weighted by Crippen LogP contribution is 2.38. The third-order valence-electron chi connectivity index (χ3n) is 6.82. The number of fused-ring (bicyclic) bond motifs is 2. The Bertz CT molecular complexity index is 1930. The van der Waals surface area contributed by atoms with Crippen LogP contribution in [0.3, 0.4) is 0 Å². The van der Waals surface area contributed by atoms with Crippen LogP contribution in [0.5, 0.6) is 17.2 Å². The van der Waals surface area contributed by atoms with Crippen molar-refractivity contribution in [3.8, 4) is 17.2 Å². The van der Waals surface area contributed by atoms with Crippen molar-refractivity contribution < 1.29 is 23.7 Å². The second-order valence-electron chi connectivity index (χ2n) is 9.48. The molecule has 8 nitrogen and oxygen atoms in total. The van der Waals surface area contributed by atoms with Crippen molar-refractivity contribution in [1.29, 1.82) is 0 Å². The highest BCUT2D eigenvalue weighted by atomic mass is 79.9. The molecule has 214 valence electrons. The van der Waals surface area contributed by atoms with E-state index in [9.17, 15) is 9.59 Å². The summed E-state index contributed by atoms with van der Waals surface area (Å²) in [7, 11) is 0. The first-order valence-electron chi connectivity index (χ1n) is 13.1. The Morgan fingerprint density at radius 1 is 1.17 bits per heavy atom. The van der Waals surface area contributed by atoms with E-state index in [0.717, 1.165) is 15.6 Å². The van der Waals surface area contributed by atoms with E-state index in [0.29, 0.717) is 55.0 Å². The number of hydrogen-bond donors (Lipinski definition) is 0. The van der Waals surface area contributed by atoms with Crippen LogP contribution in [0.1, 0.15) is 36.6 Å². The smallest absolute Gasteiger partial charge is 0.338 e. The van der Waals surface area contributed by atoms with Crippen LogP contribution in [0.4, 0.5) is 0 Å². The molecule has 0 unspecified atom stereocenters. The molecule has 2 aliphatic rings. The van der Waals surface area contributed by atoms with E-state index in [1.54, 1.807) is 36.6 Å². The summed E-state index contributed by atoms with van der Waals surface area (Å²) in [5.74, 6) is 1.28. The fourth-order valence-electron chi connectivity index (χ4n) is 4.84. The Hall–Kier alpha value is -3.86. The largest absolute Gasteiger partial charge is 0.488 e. The third-order valence-corrected chi connectivity index (χ3v) is 8.80. The number of allylic oxidation sites excluding steroid dienone is 1. The molecule has 0 N–H and O–H groups in total. The first kappa shape index (κ1) is 28.3. The molecule has 11 heteroatoms. The molecule has 1 atom stereocenters. The number of thiazole rings is 1. The van der Waals surface area contributed by atoms with Gasteiger partial charge >= 0.3 is 5.97 Å². The van der Waals surface area contributed by atoms with E-state index in [-0.39, 0.29) is 19.0 Å². The summed E-state index contributed by atoms with van der Waals surface area (Å²) in [5.41, 5.74) is 2.88. The van der Waals surface area contributed by atoms with Crippen molar-refractivity contribution in [3.05, 3.63) is 118 Å². The molecule has 2 aliphatic heterocycles. The predicted octanol–water partition coefficient (Wildman–Crippen LogP) is 5.52. The Morgan fingerprint density at radius 2 is 1.98 bits per heavy atom. The average molecular weight is 668 g/mol. The number of carbonyl (C=O) groups is 1. The summed E-state index contributed by atoms with van der Waals surface area (Å²) in [4.78, 5) is 32.2. The number of rotatable bonds is 7. The Balaban J connectivity index is 1.38. The van der Waals surface area contributed by atoms with Gasteiger partial charge in [-0.15, -0.1) is 0 Å². The number of ether oxygens (including phenoxy) is 4. The van der Waals surface area contributed by atoms with Crippen LogP contribution >= 0.6 is 38.9 Å². The molecular formula is C31H24BrClN2O6S. The van der Waals surface area contributed by atoms with Gasteiger partial charge in [0.15, 0.2) is 16.3 Å². The Labute approximate surface area is 258 Å². The van der Waals surface area contributed by atoms with Gasteiger partial charge in [-0.1, -0.05) is 53.3 Å². The van der Waals surface area contributed by atoms with Crippen LogP contribution in [0, 0.1) is 0 Å². The van der Waals surface area contributed by atoms with Gasteiger partial charge in [0.2, 0.25) is 6.79 Å². The van der Waals surface area contributed by atoms with Crippen LogP contribution in [0.2, 0.25) is 5.02 Å². The lowest BCUT2D eigenvalue weighted by Crippen LogP contribution is -2.39. The zero-order valence-corrected chi connectivity index (χ0v) is 25.7. The van der Waals surface area contributed by atoms with Crippen molar-refractivity contribution in [2.45, 2.75) is 26.5 Å². The van der Waals surface area contributed by atoms with Gasteiger partial charge in [-0.25, -0.2) is 9.79 Å². The maximum atomic E-state index is 13.9. The molecule has 6 rings (SSSR count). The molecule has 3 aromatic carbocycles. The Kier molecular flexibility index (Phi) is 7.94. The topological polar surface area (TPSA) is 88.4 Å². The summed E-state index contributed by atoms with van der Waals surface area (Å²) in [6, 6.07) is 17.8. The van der Waals surface area contributed by atoms with E-state index in [1.165, 1.54) is 11.3 Å². The molecule has 0 saturated carbocycles. The SMILES string of the molecule is CCOC(=O)C1=C(C)N=c2s/c(=C\c3ccc(OCc4ccccc4Cl)c(Br)c3)c(=O)n2[C@@H]1c1ccc2c(c1)OCO2. The van der Waals surface area contributed by atoms with E-state index in [1.807, 2.05) is 48.5 Å². The van der Waals surface area contributed by atoms with Crippen molar-refractivity contribution in [2.24, 2.45) is 4.99 Å². The van der Waals surface area contributed by atoms with Gasteiger partial charge in [0.1, 0.15) is 12.4 Å². The summed E-state index contributed by atoms with van der Waals surface area (Å²) in [6.45, 7) is 4.12. The Morgan fingerprint density at radius 3 is 2.76 bits per heavy atom. The van der Waals surface area contributed by atoms with Crippen molar-refractivity contribution in [2.75, 3.05) is 13.4 Å². The number of aromatic nitrogens is 1. The molecule has 4 aromatic rings. The molecule has 3 heterocycles. The second-order valence-corrected chi connectivity index (χ2v) is 11.8. The van der Waals surface area contributed by atoms with Gasteiger partial charge < -0.3 is 18.9 Å². The number of nitrogens with zero attached hydrogens (tertiary/aromatic N) is 2. The average Bonchev–Trinajstić information content (AvgIpc) is 3.56. The molecular weight excluding hydrogens is 644 g/mol. The number of halogens is 2. The van der Waals surface area contributed by atoms with E-state index >= 15 is 0 Å². The van der Waals surface area contributed by atoms with Crippen molar-refractivity contribution in [3.63, 3.8) is 0 Å². The van der Waals surface area contributed by atoms with Crippen molar-refractivity contribution >= 4 is 50.9 Å². The maximum absolute atomic E-state index is 13.9. The minimum Gasteiger partial charge on any atom is -0.488 e.